The second kappa shape index (κ2) is 5.59. The summed E-state index contributed by atoms with van der Waals surface area (Å²) in [5.41, 5.74) is 0. The average molecular weight is 286 g/mol. The summed E-state index contributed by atoms with van der Waals surface area (Å²) in [4.78, 5) is 0. The molecule has 17 heavy (non-hydrogen) atoms. The van der Waals surface area contributed by atoms with Crippen molar-refractivity contribution in [3.05, 3.63) is 0 Å². The molecule has 1 aliphatic rings. The van der Waals surface area contributed by atoms with Gasteiger partial charge in [-0.3, -0.25) is 0 Å². The Bertz CT molecular complexity index is 438. The summed E-state index contributed by atoms with van der Waals surface area (Å²) in [7, 11) is -7.21. The Labute approximate surface area is 102 Å². The van der Waals surface area contributed by atoms with Gasteiger partial charge in [-0.15, -0.1) is 0 Å². The highest BCUT2D eigenvalue weighted by Crippen LogP contribution is 2.07. The minimum atomic E-state index is -3.72. The zero-order valence-corrected chi connectivity index (χ0v) is 11.3. The van der Waals surface area contributed by atoms with Crippen molar-refractivity contribution in [3.8, 4) is 0 Å². The molecule has 0 bridgehead atoms. The largest absolute Gasteiger partial charge is 0.279 e. The standard InChI is InChI=1S/C7H18N4O4S2/c1-2-3-9-17(14,15)11-6-4-10(5-7-11)16(8,12)13/h9H,2-7H2,1H3,(H2,8,12,13). The highest BCUT2D eigenvalue weighted by Gasteiger charge is 2.29. The second-order valence-electron chi connectivity index (χ2n) is 3.74. The predicted octanol–water partition coefficient (Wildman–Crippen LogP) is -1.95. The Hall–Kier alpha value is -0.260. The van der Waals surface area contributed by atoms with Crippen molar-refractivity contribution in [2.45, 2.75) is 13.3 Å². The Morgan fingerprint density at radius 1 is 1.06 bits per heavy atom. The van der Waals surface area contributed by atoms with Gasteiger partial charge < -0.3 is 0 Å². The molecule has 0 saturated carbocycles. The van der Waals surface area contributed by atoms with Crippen LogP contribution in [0, 0.1) is 0 Å². The smallest absolute Gasteiger partial charge is 0.216 e. The van der Waals surface area contributed by atoms with E-state index in [1.165, 1.54) is 4.31 Å². The van der Waals surface area contributed by atoms with Gasteiger partial charge in [-0.05, 0) is 6.42 Å². The van der Waals surface area contributed by atoms with Crippen molar-refractivity contribution in [3.63, 3.8) is 0 Å². The summed E-state index contributed by atoms with van der Waals surface area (Å²) in [5, 5.41) is 4.96. The zero-order valence-electron chi connectivity index (χ0n) is 9.66. The van der Waals surface area contributed by atoms with E-state index in [4.69, 9.17) is 5.14 Å². The van der Waals surface area contributed by atoms with Crippen LogP contribution in [0.25, 0.3) is 0 Å². The molecular weight excluding hydrogens is 268 g/mol. The Morgan fingerprint density at radius 2 is 1.53 bits per heavy atom. The van der Waals surface area contributed by atoms with Crippen LogP contribution >= 0.6 is 0 Å². The van der Waals surface area contributed by atoms with Crippen LogP contribution in [-0.2, 0) is 20.4 Å². The summed E-state index contributed by atoms with van der Waals surface area (Å²) in [6.45, 7) is 2.65. The minimum absolute atomic E-state index is 0.0892. The van der Waals surface area contributed by atoms with E-state index in [0.717, 1.165) is 4.31 Å². The van der Waals surface area contributed by atoms with Crippen LogP contribution in [0.5, 0.6) is 0 Å². The quantitative estimate of drug-likeness (QED) is 0.611. The maximum absolute atomic E-state index is 11.7. The van der Waals surface area contributed by atoms with Gasteiger partial charge in [0.25, 0.3) is 20.4 Å². The van der Waals surface area contributed by atoms with Crippen LogP contribution in [0.15, 0.2) is 0 Å². The van der Waals surface area contributed by atoms with E-state index >= 15 is 0 Å². The van der Waals surface area contributed by atoms with Gasteiger partial charge in [0.05, 0.1) is 0 Å². The van der Waals surface area contributed by atoms with Gasteiger partial charge in [-0.1, -0.05) is 6.92 Å². The molecular formula is C7H18N4O4S2. The summed E-state index contributed by atoms with van der Waals surface area (Å²) in [5.74, 6) is 0. The van der Waals surface area contributed by atoms with E-state index in [1.54, 1.807) is 0 Å². The molecule has 102 valence electrons. The van der Waals surface area contributed by atoms with Gasteiger partial charge in [-0.2, -0.15) is 25.4 Å². The van der Waals surface area contributed by atoms with Gasteiger partial charge in [0.2, 0.25) is 0 Å². The normalized spacial score (nSPS) is 20.6. The third kappa shape index (κ3) is 4.16. The summed E-state index contributed by atoms with van der Waals surface area (Å²) >= 11 is 0. The Kier molecular flexibility index (Phi) is 4.86. The molecule has 1 heterocycles. The molecule has 1 fully saturated rings. The third-order valence-corrected chi connectivity index (χ3v) is 5.13. The highest BCUT2D eigenvalue weighted by atomic mass is 32.2. The summed E-state index contributed by atoms with van der Waals surface area (Å²) in [6, 6.07) is 0. The van der Waals surface area contributed by atoms with E-state index in [2.05, 4.69) is 4.72 Å². The molecule has 0 aliphatic carbocycles. The molecule has 0 spiro atoms. The summed E-state index contributed by atoms with van der Waals surface area (Å²) < 4.78 is 50.2. The molecule has 3 N–H and O–H groups in total. The number of hydrogen-bond donors (Lipinski definition) is 2. The van der Waals surface area contributed by atoms with Crippen LogP contribution in [0.4, 0.5) is 0 Å². The first kappa shape index (κ1) is 14.8. The molecule has 0 aromatic carbocycles. The van der Waals surface area contributed by atoms with Gasteiger partial charge in [0.1, 0.15) is 0 Å². The van der Waals surface area contributed by atoms with E-state index in [9.17, 15) is 16.8 Å². The SMILES string of the molecule is CCCNS(=O)(=O)N1CCN(S(N)(=O)=O)CC1. The van der Waals surface area contributed by atoms with Crippen molar-refractivity contribution in [2.24, 2.45) is 5.14 Å². The minimum Gasteiger partial charge on any atom is -0.216 e. The fraction of sp³-hybridized carbons (Fsp3) is 1.00. The van der Waals surface area contributed by atoms with Crippen LogP contribution in [0.1, 0.15) is 13.3 Å². The molecule has 1 rings (SSSR count). The zero-order chi connectivity index (χ0) is 13.1. The lowest BCUT2D eigenvalue weighted by molar-refractivity contribution is 0.270. The fourth-order valence-corrected chi connectivity index (χ4v) is 3.45. The molecule has 1 saturated heterocycles. The monoisotopic (exact) mass is 286 g/mol. The van der Waals surface area contributed by atoms with Crippen LogP contribution < -0.4 is 9.86 Å². The average Bonchev–Trinajstić information content (AvgIpc) is 2.25. The molecule has 0 radical (unpaired) electrons. The molecule has 0 amide bonds. The van der Waals surface area contributed by atoms with E-state index in [-0.39, 0.29) is 26.2 Å². The second-order valence-corrected chi connectivity index (χ2v) is 7.04. The van der Waals surface area contributed by atoms with E-state index in [0.29, 0.717) is 13.0 Å². The number of nitrogens with two attached hydrogens (primary N) is 1. The summed E-state index contributed by atoms with van der Waals surface area (Å²) in [6.07, 6.45) is 0.705. The number of rotatable bonds is 5. The van der Waals surface area contributed by atoms with Crippen molar-refractivity contribution < 1.29 is 16.8 Å². The van der Waals surface area contributed by atoms with Crippen molar-refractivity contribution >= 4 is 20.4 Å². The first-order valence-electron chi connectivity index (χ1n) is 5.30. The van der Waals surface area contributed by atoms with Crippen molar-refractivity contribution in [2.75, 3.05) is 32.7 Å². The highest BCUT2D eigenvalue weighted by molar-refractivity contribution is 7.87. The lowest BCUT2D eigenvalue weighted by Gasteiger charge is -2.32. The van der Waals surface area contributed by atoms with Gasteiger partial charge in [0.15, 0.2) is 0 Å². The van der Waals surface area contributed by atoms with Crippen molar-refractivity contribution in [1.82, 2.24) is 13.3 Å². The van der Waals surface area contributed by atoms with Gasteiger partial charge in [-0.25, -0.2) is 9.86 Å². The number of hydrogen-bond acceptors (Lipinski definition) is 4. The Morgan fingerprint density at radius 3 is 1.94 bits per heavy atom. The van der Waals surface area contributed by atoms with Gasteiger partial charge >= 0.3 is 0 Å². The lowest BCUT2D eigenvalue weighted by Crippen LogP contribution is -2.54. The van der Waals surface area contributed by atoms with Crippen molar-refractivity contribution in [1.29, 1.82) is 0 Å². The number of nitrogens with zero attached hydrogens (tertiary/aromatic N) is 2. The fourth-order valence-electron chi connectivity index (χ4n) is 1.49. The number of piperazine rings is 1. The topological polar surface area (TPSA) is 113 Å². The van der Waals surface area contributed by atoms with Crippen LogP contribution in [-0.4, -0.2) is 58.2 Å². The molecule has 8 nitrogen and oxygen atoms in total. The van der Waals surface area contributed by atoms with Crippen LogP contribution in [0.2, 0.25) is 0 Å². The first-order valence-corrected chi connectivity index (χ1v) is 8.24. The first-order chi connectivity index (χ1) is 7.77. The molecule has 0 aromatic rings. The number of nitrogens with one attached hydrogen (secondary N) is 1. The lowest BCUT2D eigenvalue weighted by atomic mass is 10.4. The maximum Gasteiger partial charge on any atom is 0.279 e. The molecule has 1 aliphatic heterocycles. The molecule has 10 heteroatoms. The molecule has 0 aromatic heterocycles. The Balaban J connectivity index is 2.58. The molecule has 0 unspecified atom stereocenters. The van der Waals surface area contributed by atoms with Crippen LogP contribution in [0.3, 0.4) is 0 Å². The third-order valence-electron chi connectivity index (χ3n) is 2.43. The maximum atomic E-state index is 11.7. The molecule has 0 atom stereocenters. The van der Waals surface area contributed by atoms with E-state index in [1.807, 2.05) is 6.92 Å². The predicted molar refractivity (Wildman–Crippen MR) is 63.5 cm³/mol. The van der Waals surface area contributed by atoms with E-state index < -0.39 is 20.4 Å². The van der Waals surface area contributed by atoms with Gasteiger partial charge in [0, 0.05) is 32.7 Å².